The van der Waals surface area contributed by atoms with Crippen molar-refractivity contribution in [3.63, 3.8) is 0 Å². The van der Waals surface area contributed by atoms with Crippen LogP contribution < -0.4 is 0 Å². The molecule has 1 aliphatic carbocycles. The molecule has 1 unspecified atom stereocenters. The van der Waals surface area contributed by atoms with Gasteiger partial charge in [-0.3, -0.25) is 0 Å². The monoisotopic (exact) mass is 504 g/mol. The van der Waals surface area contributed by atoms with E-state index in [1.54, 1.807) is 0 Å². The van der Waals surface area contributed by atoms with Gasteiger partial charge in [0.05, 0.1) is 5.16 Å². The summed E-state index contributed by atoms with van der Waals surface area (Å²) in [4.78, 5) is 0. The average molecular weight is 505 g/mol. The molecule has 4 rings (SSSR count). The lowest BCUT2D eigenvalue weighted by atomic mass is 9.76. The van der Waals surface area contributed by atoms with E-state index in [1.807, 2.05) is 0 Å². The molecule has 0 saturated heterocycles. The summed E-state index contributed by atoms with van der Waals surface area (Å²) < 4.78 is 13.6. The lowest BCUT2D eigenvalue weighted by Gasteiger charge is -2.28. The second-order valence-corrected chi connectivity index (χ2v) is 16.7. The number of fused-ring (bicyclic) bond motifs is 2. The van der Waals surface area contributed by atoms with Gasteiger partial charge in [-0.05, 0) is 71.2 Å². The molecule has 1 aromatic heterocycles. The summed E-state index contributed by atoms with van der Waals surface area (Å²) in [5.41, 5.74) is 4.92. The largest absolute Gasteiger partial charge is 0.423 e. The molecule has 1 aliphatic rings. The first-order valence-corrected chi connectivity index (χ1v) is 14.4. The van der Waals surface area contributed by atoms with Gasteiger partial charge >= 0.3 is 0 Å². The molecule has 0 fully saturated rings. The third kappa shape index (κ3) is 5.12. The standard InChI is InChI=1S/C33H45O2P/c1-30(2,3)22-17-24-23(26(18-22)31(4,5)6)19-27-25(29(24)21-15-13-14-16-21)20-28(32(7,8)9)35-36(34-27)33(10,11)12/h13-21H,1-12H3. The quantitative estimate of drug-likeness (QED) is 0.329. The lowest BCUT2D eigenvalue weighted by molar-refractivity contribution is 0.429. The maximum absolute atomic E-state index is 6.86. The fraction of sp³-hybridized carbons (Fsp3) is 0.515. The van der Waals surface area contributed by atoms with Gasteiger partial charge in [0.25, 0.3) is 0 Å². The van der Waals surface area contributed by atoms with Crippen LogP contribution in [0.25, 0.3) is 21.7 Å². The van der Waals surface area contributed by atoms with Crippen LogP contribution in [-0.4, -0.2) is 0 Å². The number of hydrogen-bond donors (Lipinski definition) is 0. The third-order valence-corrected chi connectivity index (χ3v) is 8.80. The molecular weight excluding hydrogens is 459 g/mol. The van der Waals surface area contributed by atoms with Crippen molar-refractivity contribution in [2.45, 2.75) is 110 Å². The second-order valence-electron chi connectivity index (χ2n) is 14.5. The van der Waals surface area contributed by atoms with E-state index in [4.69, 9.17) is 8.39 Å². The van der Waals surface area contributed by atoms with E-state index in [0.29, 0.717) is 0 Å². The first-order valence-electron chi connectivity index (χ1n) is 13.3. The van der Waals surface area contributed by atoms with E-state index in [9.17, 15) is 0 Å². The van der Waals surface area contributed by atoms with Crippen molar-refractivity contribution in [3.05, 3.63) is 71.0 Å². The number of allylic oxidation sites excluding steroid dienone is 4. The van der Waals surface area contributed by atoms with Gasteiger partial charge < -0.3 is 8.39 Å². The molecule has 0 aliphatic heterocycles. The highest BCUT2D eigenvalue weighted by molar-refractivity contribution is 7.38. The summed E-state index contributed by atoms with van der Waals surface area (Å²) in [6.45, 7) is 27.2. The Morgan fingerprint density at radius 3 is 1.72 bits per heavy atom. The summed E-state index contributed by atoms with van der Waals surface area (Å²) in [6, 6.07) is 9.44. The topological polar surface area (TPSA) is 26.3 Å². The number of hydrogen-bond acceptors (Lipinski definition) is 2. The van der Waals surface area contributed by atoms with E-state index in [-0.39, 0.29) is 27.3 Å². The Hall–Kier alpha value is -2.18. The van der Waals surface area contributed by atoms with Crippen LogP contribution >= 0.6 is 8.01 Å². The molecule has 0 amide bonds. The molecule has 0 bridgehead atoms. The molecule has 0 spiro atoms. The fourth-order valence-electron chi connectivity index (χ4n) is 4.76. The molecule has 3 aromatic rings. The van der Waals surface area contributed by atoms with Crippen molar-refractivity contribution in [1.29, 1.82) is 0 Å². The highest BCUT2D eigenvalue weighted by Gasteiger charge is 2.29. The van der Waals surface area contributed by atoms with Crippen LogP contribution in [0.5, 0.6) is 0 Å². The van der Waals surface area contributed by atoms with Crippen LogP contribution in [0.15, 0.2) is 57.0 Å². The van der Waals surface area contributed by atoms with Gasteiger partial charge in [-0.1, -0.05) is 98.8 Å². The van der Waals surface area contributed by atoms with E-state index >= 15 is 0 Å². The van der Waals surface area contributed by atoms with Crippen LogP contribution in [-0.2, 0) is 21.4 Å². The minimum Gasteiger partial charge on any atom is -0.423 e. The fourth-order valence-corrected chi connectivity index (χ4v) is 6.18. The minimum absolute atomic E-state index is 0.00519. The van der Waals surface area contributed by atoms with Crippen LogP contribution in [0, 0.1) is 0 Å². The Kier molecular flexibility index (Phi) is 6.49. The maximum Gasteiger partial charge on any atom is 0.222 e. The summed E-state index contributed by atoms with van der Waals surface area (Å²) >= 11 is 0. The smallest absolute Gasteiger partial charge is 0.222 e. The van der Waals surface area contributed by atoms with Crippen LogP contribution in [0.1, 0.15) is 111 Å². The molecule has 2 nitrogen and oxygen atoms in total. The number of benzene rings is 2. The van der Waals surface area contributed by atoms with E-state index < -0.39 is 8.01 Å². The van der Waals surface area contributed by atoms with Crippen molar-refractivity contribution >= 4 is 29.8 Å². The summed E-state index contributed by atoms with van der Waals surface area (Å²) in [5.74, 6) is 1.20. The van der Waals surface area contributed by atoms with Crippen molar-refractivity contribution in [1.82, 2.24) is 0 Å². The Bertz CT molecular complexity index is 1390. The Morgan fingerprint density at radius 1 is 0.611 bits per heavy atom. The zero-order chi connectivity index (χ0) is 26.8. The van der Waals surface area contributed by atoms with Gasteiger partial charge in [-0.2, -0.15) is 0 Å². The normalized spacial score (nSPS) is 15.9. The van der Waals surface area contributed by atoms with Crippen LogP contribution in [0.2, 0.25) is 0 Å². The molecule has 3 heteroatoms. The lowest BCUT2D eigenvalue weighted by Crippen LogP contribution is -2.17. The Labute approximate surface area is 219 Å². The van der Waals surface area contributed by atoms with E-state index in [0.717, 1.165) is 16.7 Å². The molecule has 0 radical (unpaired) electrons. The van der Waals surface area contributed by atoms with Crippen LogP contribution in [0.3, 0.4) is 0 Å². The first-order chi connectivity index (χ1) is 16.4. The van der Waals surface area contributed by atoms with Crippen molar-refractivity contribution in [3.8, 4) is 0 Å². The molecule has 2 aromatic carbocycles. The molecule has 0 N–H and O–H groups in total. The molecule has 1 atom stereocenters. The zero-order valence-corrected chi connectivity index (χ0v) is 25.4. The van der Waals surface area contributed by atoms with Gasteiger partial charge in [-0.15, -0.1) is 0 Å². The molecule has 0 saturated carbocycles. The minimum atomic E-state index is -1.18. The maximum atomic E-state index is 6.86. The Morgan fingerprint density at radius 2 is 1.22 bits per heavy atom. The summed E-state index contributed by atoms with van der Waals surface area (Å²) in [5, 5.41) is 3.65. The van der Waals surface area contributed by atoms with Gasteiger partial charge in [-0.25, -0.2) is 0 Å². The number of rotatable bonds is 1. The molecule has 1 heterocycles. The predicted molar refractivity (Wildman–Crippen MR) is 158 cm³/mol. The average Bonchev–Trinajstić information content (AvgIpc) is 3.14. The van der Waals surface area contributed by atoms with E-state index in [2.05, 4.69) is 132 Å². The van der Waals surface area contributed by atoms with Crippen molar-refractivity contribution in [2.24, 2.45) is 0 Å². The SMILES string of the molecule is CC(C)(C)c1cc(C(C)(C)C)c2cc3op(C(C)(C)C)oc(C(C)(C)C)cc3c(C3C=CC=C3)c2c1. The first kappa shape index (κ1) is 26.9. The molecule has 194 valence electrons. The Balaban J connectivity index is 2.32. The predicted octanol–water partition coefficient (Wildman–Crippen LogP) is 11.1. The van der Waals surface area contributed by atoms with E-state index in [1.165, 1.54) is 27.5 Å². The highest BCUT2D eigenvalue weighted by atomic mass is 31.1. The second kappa shape index (κ2) is 8.70. The molecular formula is C33H45O2P. The van der Waals surface area contributed by atoms with Crippen LogP contribution in [0.4, 0.5) is 0 Å². The van der Waals surface area contributed by atoms with Gasteiger partial charge in [0.2, 0.25) is 8.01 Å². The van der Waals surface area contributed by atoms with Gasteiger partial charge in [0.1, 0.15) is 11.3 Å². The summed E-state index contributed by atoms with van der Waals surface area (Å²) in [6.07, 6.45) is 8.94. The third-order valence-electron chi connectivity index (χ3n) is 6.98. The van der Waals surface area contributed by atoms with Gasteiger partial charge in [0.15, 0.2) is 0 Å². The van der Waals surface area contributed by atoms with Crippen molar-refractivity contribution in [2.75, 3.05) is 0 Å². The van der Waals surface area contributed by atoms with Crippen molar-refractivity contribution < 1.29 is 8.39 Å². The molecule has 36 heavy (non-hydrogen) atoms. The highest BCUT2D eigenvalue weighted by Crippen LogP contribution is 2.49. The summed E-state index contributed by atoms with van der Waals surface area (Å²) in [7, 11) is -1.18. The van der Waals surface area contributed by atoms with Gasteiger partial charge in [0, 0.05) is 16.7 Å². The zero-order valence-electron chi connectivity index (χ0n) is 24.5.